The summed E-state index contributed by atoms with van der Waals surface area (Å²) in [5.74, 6) is 1.07. The fourth-order valence-corrected chi connectivity index (χ4v) is 2.92. The van der Waals surface area contributed by atoms with E-state index >= 15 is 0 Å². The van der Waals surface area contributed by atoms with Crippen LogP contribution in [0.1, 0.15) is 57.2 Å². The maximum Gasteiger partial charge on any atom is 0.125 e. The Labute approximate surface area is 123 Å². The normalized spacial score (nSPS) is 21.9. The lowest BCUT2D eigenvalue weighted by Gasteiger charge is -2.25. The molecule has 2 rings (SSSR count). The molecule has 1 saturated heterocycles. The van der Waals surface area contributed by atoms with E-state index < -0.39 is 0 Å². The monoisotopic (exact) mass is 276 g/mol. The Morgan fingerprint density at radius 2 is 1.90 bits per heavy atom. The number of hydrogen-bond donors (Lipinski definition) is 0. The number of hydrogen-bond acceptors (Lipinski definition) is 2. The molecule has 1 aromatic rings. The SMILES string of the molecule is CCC1OC1CCc1cc(C)cc(C(C)(C)C)c1OC. The molecule has 112 valence electrons. The molecule has 0 bridgehead atoms. The van der Waals surface area contributed by atoms with Crippen molar-refractivity contribution in [2.24, 2.45) is 0 Å². The van der Waals surface area contributed by atoms with Crippen molar-refractivity contribution in [3.05, 3.63) is 28.8 Å². The molecule has 0 aromatic heterocycles. The van der Waals surface area contributed by atoms with Crippen LogP contribution in [0.25, 0.3) is 0 Å². The number of epoxide rings is 1. The fraction of sp³-hybridized carbons (Fsp3) is 0.667. The Morgan fingerprint density at radius 1 is 1.20 bits per heavy atom. The predicted molar refractivity (Wildman–Crippen MR) is 83.7 cm³/mol. The summed E-state index contributed by atoms with van der Waals surface area (Å²) in [5, 5.41) is 0. The second-order valence-electron chi connectivity index (χ2n) is 6.91. The Kier molecular flexibility index (Phi) is 4.43. The highest BCUT2D eigenvalue weighted by molar-refractivity contribution is 5.48. The van der Waals surface area contributed by atoms with Crippen molar-refractivity contribution in [2.45, 2.75) is 71.5 Å². The molecule has 1 aromatic carbocycles. The molecule has 20 heavy (non-hydrogen) atoms. The minimum atomic E-state index is 0.105. The van der Waals surface area contributed by atoms with Crippen LogP contribution in [0.15, 0.2) is 12.1 Å². The van der Waals surface area contributed by atoms with Gasteiger partial charge in [-0.15, -0.1) is 0 Å². The Balaban J connectivity index is 2.21. The van der Waals surface area contributed by atoms with E-state index in [0.29, 0.717) is 12.2 Å². The Hall–Kier alpha value is -1.02. The molecule has 1 aliphatic rings. The third-order valence-corrected chi connectivity index (χ3v) is 4.11. The van der Waals surface area contributed by atoms with Crippen LogP contribution in [0.5, 0.6) is 5.75 Å². The second-order valence-corrected chi connectivity index (χ2v) is 6.91. The Morgan fingerprint density at radius 3 is 2.40 bits per heavy atom. The molecule has 1 fully saturated rings. The van der Waals surface area contributed by atoms with Gasteiger partial charge in [-0.25, -0.2) is 0 Å². The standard InChI is InChI=1S/C18H28O2/c1-7-15-16(20-15)9-8-13-10-12(2)11-14(17(13)19-6)18(3,4)5/h10-11,15-16H,7-9H2,1-6H3. The van der Waals surface area contributed by atoms with Crippen LogP contribution in [0.3, 0.4) is 0 Å². The minimum Gasteiger partial charge on any atom is -0.496 e. The number of aryl methyl sites for hydroxylation is 2. The molecule has 2 unspecified atom stereocenters. The fourth-order valence-electron chi connectivity index (χ4n) is 2.92. The molecule has 2 nitrogen and oxygen atoms in total. The van der Waals surface area contributed by atoms with Gasteiger partial charge in [0.15, 0.2) is 0 Å². The van der Waals surface area contributed by atoms with Crippen LogP contribution in [0.2, 0.25) is 0 Å². The first kappa shape index (κ1) is 15.4. The van der Waals surface area contributed by atoms with Gasteiger partial charge < -0.3 is 9.47 Å². The summed E-state index contributed by atoms with van der Waals surface area (Å²) in [4.78, 5) is 0. The maximum absolute atomic E-state index is 5.72. The zero-order valence-electron chi connectivity index (χ0n) is 13.7. The van der Waals surface area contributed by atoms with E-state index in [1.54, 1.807) is 7.11 Å². The average molecular weight is 276 g/mol. The topological polar surface area (TPSA) is 21.8 Å². The zero-order valence-corrected chi connectivity index (χ0v) is 13.7. The smallest absolute Gasteiger partial charge is 0.125 e. The molecular formula is C18H28O2. The van der Waals surface area contributed by atoms with Crippen LogP contribution < -0.4 is 4.74 Å². The van der Waals surface area contributed by atoms with Gasteiger partial charge in [0.2, 0.25) is 0 Å². The lowest BCUT2D eigenvalue weighted by molar-refractivity contribution is 0.357. The van der Waals surface area contributed by atoms with E-state index in [1.807, 2.05) is 0 Å². The minimum absolute atomic E-state index is 0.105. The van der Waals surface area contributed by atoms with Gasteiger partial charge in [-0.05, 0) is 37.2 Å². The molecule has 1 aliphatic heterocycles. The molecule has 0 amide bonds. The highest BCUT2D eigenvalue weighted by Gasteiger charge is 2.36. The molecule has 0 spiro atoms. The van der Waals surface area contributed by atoms with Gasteiger partial charge in [-0.1, -0.05) is 45.4 Å². The van der Waals surface area contributed by atoms with Crippen molar-refractivity contribution >= 4 is 0 Å². The summed E-state index contributed by atoms with van der Waals surface area (Å²) in [6.07, 6.45) is 4.22. The van der Waals surface area contributed by atoms with E-state index in [9.17, 15) is 0 Å². The summed E-state index contributed by atoms with van der Waals surface area (Å²) in [6, 6.07) is 4.52. The van der Waals surface area contributed by atoms with E-state index in [-0.39, 0.29) is 5.41 Å². The van der Waals surface area contributed by atoms with Gasteiger partial charge in [0.05, 0.1) is 19.3 Å². The van der Waals surface area contributed by atoms with Crippen LogP contribution in [-0.4, -0.2) is 19.3 Å². The second kappa shape index (κ2) is 5.77. The predicted octanol–water partition coefficient (Wildman–Crippen LogP) is 4.41. The summed E-state index contributed by atoms with van der Waals surface area (Å²) < 4.78 is 11.4. The molecule has 2 atom stereocenters. The maximum atomic E-state index is 5.72. The van der Waals surface area contributed by atoms with Crippen LogP contribution in [0.4, 0.5) is 0 Å². The third-order valence-electron chi connectivity index (χ3n) is 4.11. The average Bonchev–Trinajstić information content (AvgIpc) is 3.13. The summed E-state index contributed by atoms with van der Waals surface area (Å²) in [7, 11) is 1.78. The summed E-state index contributed by atoms with van der Waals surface area (Å²) in [5.41, 5.74) is 4.05. The molecule has 0 aliphatic carbocycles. The van der Waals surface area contributed by atoms with Gasteiger partial charge in [-0.2, -0.15) is 0 Å². The number of ether oxygens (including phenoxy) is 2. The molecule has 1 heterocycles. The van der Waals surface area contributed by atoms with Crippen molar-refractivity contribution in [3.8, 4) is 5.75 Å². The lowest BCUT2D eigenvalue weighted by atomic mass is 9.83. The lowest BCUT2D eigenvalue weighted by Crippen LogP contribution is -2.14. The molecule has 0 saturated carbocycles. The van der Waals surface area contributed by atoms with Gasteiger partial charge >= 0.3 is 0 Å². The van der Waals surface area contributed by atoms with E-state index in [1.165, 1.54) is 16.7 Å². The summed E-state index contributed by atoms with van der Waals surface area (Å²) >= 11 is 0. The van der Waals surface area contributed by atoms with Crippen LogP contribution in [-0.2, 0) is 16.6 Å². The first-order chi connectivity index (χ1) is 9.36. The summed E-state index contributed by atoms with van der Waals surface area (Å²) in [6.45, 7) is 11.1. The third kappa shape index (κ3) is 3.35. The Bertz CT molecular complexity index is 471. The number of methoxy groups -OCH3 is 1. The van der Waals surface area contributed by atoms with Gasteiger partial charge in [0.1, 0.15) is 5.75 Å². The van der Waals surface area contributed by atoms with Crippen molar-refractivity contribution in [1.29, 1.82) is 0 Å². The van der Waals surface area contributed by atoms with Crippen molar-refractivity contribution < 1.29 is 9.47 Å². The highest BCUT2D eigenvalue weighted by atomic mass is 16.6. The molecular weight excluding hydrogens is 248 g/mol. The van der Waals surface area contributed by atoms with Gasteiger partial charge in [0, 0.05) is 5.56 Å². The quantitative estimate of drug-likeness (QED) is 0.743. The van der Waals surface area contributed by atoms with Crippen molar-refractivity contribution in [2.75, 3.05) is 7.11 Å². The number of benzene rings is 1. The zero-order chi connectivity index (χ0) is 14.9. The van der Waals surface area contributed by atoms with Gasteiger partial charge in [-0.3, -0.25) is 0 Å². The van der Waals surface area contributed by atoms with E-state index in [0.717, 1.165) is 25.0 Å². The van der Waals surface area contributed by atoms with Crippen LogP contribution in [0, 0.1) is 6.92 Å². The largest absolute Gasteiger partial charge is 0.496 e. The first-order valence-corrected chi connectivity index (χ1v) is 7.70. The molecule has 0 N–H and O–H groups in total. The van der Waals surface area contributed by atoms with E-state index in [4.69, 9.17) is 9.47 Å². The van der Waals surface area contributed by atoms with Gasteiger partial charge in [0.25, 0.3) is 0 Å². The first-order valence-electron chi connectivity index (χ1n) is 7.70. The highest BCUT2D eigenvalue weighted by Crippen LogP contribution is 2.37. The van der Waals surface area contributed by atoms with Crippen LogP contribution >= 0.6 is 0 Å². The number of rotatable bonds is 5. The van der Waals surface area contributed by atoms with E-state index in [2.05, 4.69) is 46.8 Å². The van der Waals surface area contributed by atoms with Crippen molar-refractivity contribution in [3.63, 3.8) is 0 Å². The molecule has 0 radical (unpaired) electrons. The van der Waals surface area contributed by atoms with Crippen molar-refractivity contribution in [1.82, 2.24) is 0 Å². The molecule has 2 heteroatoms.